The molecular formula is C16H26O2. The Bertz CT molecular complexity index is 390. The Morgan fingerprint density at radius 1 is 1.17 bits per heavy atom. The molecule has 3 fully saturated rings. The third-order valence-electron chi connectivity index (χ3n) is 5.30. The number of hydrogen-bond donors (Lipinski definition) is 0. The van der Waals surface area contributed by atoms with Crippen LogP contribution in [-0.4, -0.2) is 11.6 Å². The van der Waals surface area contributed by atoms with Crippen LogP contribution in [0.15, 0.2) is 0 Å². The lowest BCUT2D eigenvalue weighted by Crippen LogP contribution is -2.67. The first-order valence-corrected chi connectivity index (χ1v) is 7.36. The molecular weight excluding hydrogens is 224 g/mol. The van der Waals surface area contributed by atoms with E-state index in [4.69, 9.17) is 4.74 Å². The topological polar surface area (TPSA) is 26.3 Å². The standard InChI is InChI=1S/C16H26O2/c1-14(2,3)18-13(17)16-8-11-6-10(12(11)16)7-15(4,5)9-16/h10-12H,6-9H2,1-5H3. The number of ether oxygens (including phenoxy) is 1. The Kier molecular flexibility index (Phi) is 2.30. The molecule has 2 heteroatoms. The predicted molar refractivity (Wildman–Crippen MR) is 71.0 cm³/mol. The third kappa shape index (κ3) is 1.64. The molecule has 0 N–H and O–H groups in total. The molecule has 0 aliphatic heterocycles. The summed E-state index contributed by atoms with van der Waals surface area (Å²) in [5.41, 5.74) is -0.163. The Morgan fingerprint density at radius 3 is 2.33 bits per heavy atom. The monoisotopic (exact) mass is 250 g/mol. The van der Waals surface area contributed by atoms with Crippen molar-refractivity contribution in [2.75, 3.05) is 0 Å². The smallest absolute Gasteiger partial charge is 0.312 e. The molecule has 2 nitrogen and oxygen atoms in total. The summed E-state index contributed by atoms with van der Waals surface area (Å²) in [5, 5.41) is 0. The summed E-state index contributed by atoms with van der Waals surface area (Å²) in [6.07, 6.45) is 4.79. The van der Waals surface area contributed by atoms with Gasteiger partial charge in [-0.25, -0.2) is 0 Å². The van der Waals surface area contributed by atoms with Gasteiger partial charge in [0, 0.05) is 0 Å². The number of rotatable bonds is 1. The normalized spacial score (nSPS) is 44.4. The molecule has 18 heavy (non-hydrogen) atoms. The lowest BCUT2D eigenvalue weighted by molar-refractivity contribution is -0.243. The van der Waals surface area contributed by atoms with Crippen LogP contribution < -0.4 is 0 Å². The zero-order valence-corrected chi connectivity index (χ0v) is 12.4. The summed E-state index contributed by atoms with van der Waals surface area (Å²) >= 11 is 0. The summed E-state index contributed by atoms with van der Waals surface area (Å²) in [5.74, 6) is 2.37. The lowest BCUT2D eigenvalue weighted by Gasteiger charge is -2.70. The van der Waals surface area contributed by atoms with Gasteiger partial charge in [0.2, 0.25) is 0 Å². The van der Waals surface area contributed by atoms with Gasteiger partial charge < -0.3 is 4.74 Å². The second kappa shape index (κ2) is 3.32. The van der Waals surface area contributed by atoms with Crippen LogP contribution in [0.5, 0.6) is 0 Å². The van der Waals surface area contributed by atoms with Crippen LogP contribution in [-0.2, 0) is 9.53 Å². The van der Waals surface area contributed by atoms with Gasteiger partial charge in [-0.1, -0.05) is 13.8 Å². The minimum absolute atomic E-state index is 0.0914. The molecule has 102 valence electrons. The Morgan fingerprint density at radius 2 is 1.78 bits per heavy atom. The predicted octanol–water partition coefficient (Wildman–Crippen LogP) is 3.79. The minimum atomic E-state index is -0.349. The fourth-order valence-electron chi connectivity index (χ4n) is 5.13. The summed E-state index contributed by atoms with van der Waals surface area (Å²) in [6, 6.07) is 0. The van der Waals surface area contributed by atoms with Crippen LogP contribution in [0.3, 0.4) is 0 Å². The van der Waals surface area contributed by atoms with Crippen molar-refractivity contribution in [3.63, 3.8) is 0 Å². The van der Waals surface area contributed by atoms with Crippen molar-refractivity contribution in [3.05, 3.63) is 0 Å². The van der Waals surface area contributed by atoms with Crippen molar-refractivity contribution in [3.8, 4) is 0 Å². The van der Waals surface area contributed by atoms with E-state index in [2.05, 4.69) is 13.8 Å². The molecule has 3 rings (SSSR count). The van der Waals surface area contributed by atoms with E-state index in [9.17, 15) is 4.79 Å². The number of esters is 1. The Labute approximate surface area is 110 Å². The molecule has 0 aromatic heterocycles. The maximum absolute atomic E-state index is 12.6. The summed E-state index contributed by atoms with van der Waals surface area (Å²) in [4.78, 5) is 12.6. The van der Waals surface area contributed by atoms with Crippen LogP contribution in [0.4, 0.5) is 0 Å². The van der Waals surface area contributed by atoms with Crippen molar-refractivity contribution in [1.82, 2.24) is 0 Å². The van der Waals surface area contributed by atoms with Gasteiger partial charge in [0.1, 0.15) is 5.60 Å². The zero-order valence-electron chi connectivity index (χ0n) is 12.4. The summed E-state index contributed by atoms with van der Waals surface area (Å²) < 4.78 is 5.73. The van der Waals surface area contributed by atoms with Gasteiger partial charge in [-0.3, -0.25) is 4.79 Å². The van der Waals surface area contributed by atoms with Crippen LogP contribution in [0.1, 0.15) is 60.3 Å². The van der Waals surface area contributed by atoms with E-state index in [1.54, 1.807) is 0 Å². The highest BCUT2D eigenvalue weighted by molar-refractivity contribution is 5.80. The van der Waals surface area contributed by atoms with Crippen LogP contribution in [0, 0.1) is 28.6 Å². The molecule has 0 aromatic rings. The Hall–Kier alpha value is -0.530. The number of hydrogen-bond acceptors (Lipinski definition) is 2. The molecule has 0 heterocycles. The fraction of sp³-hybridized carbons (Fsp3) is 0.938. The molecule has 4 unspecified atom stereocenters. The maximum atomic E-state index is 12.6. The molecule has 0 aromatic carbocycles. The largest absolute Gasteiger partial charge is 0.460 e. The zero-order chi connectivity index (χ0) is 13.3. The van der Waals surface area contributed by atoms with E-state index in [1.807, 2.05) is 20.8 Å². The van der Waals surface area contributed by atoms with Crippen LogP contribution in [0.25, 0.3) is 0 Å². The molecule has 4 atom stereocenters. The molecule has 0 amide bonds. The second-order valence-electron chi connectivity index (χ2n) is 8.69. The van der Waals surface area contributed by atoms with Crippen molar-refractivity contribution in [1.29, 1.82) is 0 Å². The van der Waals surface area contributed by atoms with Crippen molar-refractivity contribution >= 4 is 5.97 Å². The average Bonchev–Trinajstić information content (AvgIpc) is 2.07. The second-order valence-corrected chi connectivity index (χ2v) is 8.69. The summed E-state index contributed by atoms with van der Waals surface area (Å²) in [6.45, 7) is 10.6. The highest BCUT2D eigenvalue weighted by Crippen LogP contribution is 2.73. The minimum Gasteiger partial charge on any atom is -0.460 e. The van der Waals surface area contributed by atoms with Crippen molar-refractivity contribution in [2.24, 2.45) is 28.6 Å². The quantitative estimate of drug-likeness (QED) is 0.662. The van der Waals surface area contributed by atoms with Gasteiger partial charge >= 0.3 is 5.97 Å². The maximum Gasteiger partial charge on any atom is 0.312 e. The van der Waals surface area contributed by atoms with E-state index >= 15 is 0 Å². The van der Waals surface area contributed by atoms with Gasteiger partial charge in [-0.05, 0) is 69.6 Å². The third-order valence-corrected chi connectivity index (χ3v) is 5.30. The highest BCUT2D eigenvalue weighted by Gasteiger charge is 2.70. The van der Waals surface area contributed by atoms with Gasteiger partial charge in [0.25, 0.3) is 0 Å². The first-order chi connectivity index (χ1) is 8.13. The van der Waals surface area contributed by atoms with Crippen LogP contribution >= 0.6 is 0 Å². The first-order valence-electron chi connectivity index (χ1n) is 7.36. The fourth-order valence-corrected chi connectivity index (χ4v) is 5.13. The van der Waals surface area contributed by atoms with Gasteiger partial charge in [-0.15, -0.1) is 0 Å². The number of carbonyl (C=O) groups is 1. The number of carbonyl (C=O) groups excluding carboxylic acids is 1. The van der Waals surface area contributed by atoms with E-state index in [-0.39, 0.29) is 17.0 Å². The molecule has 0 spiro atoms. The van der Waals surface area contributed by atoms with E-state index in [0.29, 0.717) is 11.3 Å². The van der Waals surface area contributed by atoms with Gasteiger partial charge in [0.15, 0.2) is 0 Å². The van der Waals surface area contributed by atoms with Crippen LogP contribution in [0.2, 0.25) is 0 Å². The molecule has 0 bridgehead atoms. The Balaban J connectivity index is 1.83. The van der Waals surface area contributed by atoms with E-state index < -0.39 is 0 Å². The van der Waals surface area contributed by atoms with Gasteiger partial charge in [0.05, 0.1) is 5.41 Å². The molecule has 3 aliphatic carbocycles. The molecule has 3 saturated carbocycles. The summed E-state index contributed by atoms with van der Waals surface area (Å²) in [7, 11) is 0. The van der Waals surface area contributed by atoms with Crippen molar-refractivity contribution < 1.29 is 9.53 Å². The average molecular weight is 250 g/mol. The molecule has 0 radical (unpaired) electrons. The van der Waals surface area contributed by atoms with Gasteiger partial charge in [-0.2, -0.15) is 0 Å². The molecule has 0 saturated heterocycles. The van der Waals surface area contributed by atoms with E-state index in [0.717, 1.165) is 24.7 Å². The SMILES string of the molecule is CC1(C)CC2CC3CC(C(=O)OC(C)(C)C)(C1)C23. The lowest BCUT2D eigenvalue weighted by atomic mass is 9.34. The molecule has 3 aliphatic rings. The van der Waals surface area contributed by atoms with Crippen molar-refractivity contribution in [2.45, 2.75) is 65.9 Å². The van der Waals surface area contributed by atoms with E-state index in [1.165, 1.54) is 12.8 Å². The first kappa shape index (κ1) is 12.5. The highest BCUT2D eigenvalue weighted by atomic mass is 16.6.